The van der Waals surface area contributed by atoms with E-state index in [0.717, 1.165) is 12.2 Å². The highest BCUT2D eigenvalue weighted by atomic mass is 16.5. The van der Waals surface area contributed by atoms with E-state index in [-0.39, 0.29) is 19.8 Å². The lowest BCUT2D eigenvalue weighted by Crippen LogP contribution is -2.24. The molecule has 1 aromatic rings. The number of hydrogen-bond acceptors (Lipinski definition) is 3. The van der Waals surface area contributed by atoms with Crippen LogP contribution in [0.5, 0.6) is 5.75 Å². The van der Waals surface area contributed by atoms with Crippen LogP contribution in [0.15, 0.2) is 18.2 Å². The van der Waals surface area contributed by atoms with E-state index in [0.29, 0.717) is 0 Å². The second kappa shape index (κ2) is 4.25. The third-order valence-corrected chi connectivity index (χ3v) is 2.83. The first-order valence-electron chi connectivity index (χ1n) is 5.38. The second-order valence-electron chi connectivity index (χ2n) is 3.78. The Kier molecular flexibility index (Phi) is 2.98. The standard InChI is InChI=1S/C11H16BNO2/c1-3-11-9-5-4-8(14-7-13)6-10(9)12(2)15-11/h4-6,11H,3,7,13H2,1-2H3. The molecule has 0 amide bonds. The van der Waals surface area contributed by atoms with E-state index >= 15 is 0 Å². The van der Waals surface area contributed by atoms with Gasteiger partial charge in [-0.3, -0.25) is 5.73 Å². The van der Waals surface area contributed by atoms with Crippen LogP contribution in [0.3, 0.4) is 0 Å². The Hall–Kier alpha value is -0.995. The minimum atomic E-state index is 0.159. The van der Waals surface area contributed by atoms with E-state index in [4.69, 9.17) is 15.1 Å². The number of fused-ring (bicyclic) bond motifs is 1. The summed E-state index contributed by atoms with van der Waals surface area (Å²) in [5, 5.41) is 0. The molecule has 3 nitrogen and oxygen atoms in total. The number of benzene rings is 1. The molecule has 0 saturated heterocycles. The topological polar surface area (TPSA) is 44.5 Å². The molecule has 2 rings (SSSR count). The van der Waals surface area contributed by atoms with Gasteiger partial charge in [-0.1, -0.05) is 19.8 Å². The number of ether oxygens (including phenoxy) is 1. The van der Waals surface area contributed by atoms with Gasteiger partial charge < -0.3 is 9.39 Å². The lowest BCUT2D eigenvalue weighted by atomic mass is 9.64. The summed E-state index contributed by atoms with van der Waals surface area (Å²) in [5.41, 5.74) is 7.86. The van der Waals surface area contributed by atoms with Crippen molar-refractivity contribution >= 4 is 12.4 Å². The Morgan fingerprint density at radius 1 is 1.53 bits per heavy atom. The molecule has 1 heterocycles. The first kappa shape index (κ1) is 10.5. The Morgan fingerprint density at radius 3 is 3.00 bits per heavy atom. The summed E-state index contributed by atoms with van der Waals surface area (Å²) in [6.07, 6.45) is 1.25. The zero-order valence-electron chi connectivity index (χ0n) is 9.19. The van der Waals surface area contributed by atoms with Crippen molar-refractivity contribution in [1.29, 1.82) is 0 Å². The molecule has 0 fully saturated rings. The van der Waals surface area contributed by atoms with Crippen LogP contribution in [-0.2, 0) is 4.65 Å². The van der Waals surface area contributed by atoms with Gasteiger partial charge in [-0.2, -0.15) is 0 Å². The van der Waals surface area contributed by atoms with Crippen LogP contribution >= 0.6 is 0 Å². The molecule has 1 unspecified atom stereocenters. The minimum absolute atomic E-state index is 0.159. The van der Waals surface area contributed by atoms with Crippen molar-refractivity contribution in [1.82, 2.24) is 0 Å². The zero-order chi connectivity index (χ0) is 10.8. The predicted octanol–water partition coefficient (Wildman–Crippen LogP) is 1.29. The van der Waals surface area contributed by atoms with E-state index in [1.807, 2.05) is 12.1 Å². The lowest BCUT2D eigenvalue weighted by Gasteiger charge is -2.09. The molecule has 0 aromatic heterocycles. The number of rotatable bonds is 3. The molecule has 0 spiro atoms. The first-order valence-corrected chi connectivity index (χ1v) is 5.38. The molecule has 15 heavy (non-hydrogen) atoms. The molecule has 0 radical (unpaired) electrons. The van der Waals surface area contributed by atoms with Crippen LogP contribution in [0.4, 0.5) is 0 Å². The van der Waals surface area contributed by atoms with Crippen molar-refractivity contribution in [2.75, 3.05) is 6.73 Å². The second-order valence-corrected chi connectivity index (χ2v) is 3.78. The van der Waals surface area contributed by atoms with Gasteiger partial charge in [0.1, 0.15) is 12.5 Å². The zero-order valence-corrected chi connectivity index (χ0v) is 9.19. The molecule has 4 heteroatoms. The maximum absolute atomic E-state index is 5.83. The van der Waals surface area contributed by atoms with Crippen molar-refractivity contribution in [3.63, 3.8) is 0 Å². The van der Waals surface area contributed by atoms with Gasteiger partial charge in [0.25, 0.3) is 0 Å². The fraction of sp³-hybridized carbons (Fsp3) is 0.455. The Balaban J connectivity index is 2.32. The van der Waals surface area contributed by atoms with Gasteiger partial charge >= 0.3 is 6.92 Å². The van der Waals surface area contributed by atoms with Gasteiger partial charge in [-0.15, -0.1) is 0 Å². The molecule has 1 aromatic carbocycles. The summed E-state index contributed by atoms with van der Waals surface area (Å²) in [6, 6.07) is 6.07. The highest BCUT2D eigenvalue weighted by Gasteiger charge is 2.30. The highest BCUT2D eigenvalue weighted by molar-refractivity contribution is 6.67. The van der Waals surface area contributed by atoms with Gasteiger partial charge in [0, 0.05) is 0 Å². The molecule has 0 bridgehead atoms. The van der Waals surface area contributed by atoms with Crippen LogP contribution in [0.2, 0.25) is 6.82 Å². The SMILES string of the molecule is CCC1OB(C)c2cc(OCN)ccc21. The van der Waals surface area contributed by atoms with Crippen molar-refractivity contribution in [2.45, 2.75) is 26.3 Å². The number of hydrogen-bond donors (Lipinski definition) is 1. The third kappa shape index (κ3) is 1.87. The predicted molar refractivity (Wildman–Crippen MR) is 61.5 cm³/mol. The third-order valence-electron chi connectivity index (χ3n) is 2.83. The molecule has 1 aliphatic heterocycles. The average Bonchev–Trinajstić information content (AvgIpc) is 2.56. The van der Waals surface area contributed by atoms with Gasteiger partial charge in [-0.05, 0) is 29.6 Å². The highest BCUT2D eigenvalue weighted by Crippen LogP contribution is 2.28. The quantitative estimate of drug-likeness (QED) is 0.597. The van der Waals surface area contributed by atoms with Crippen LogP contribution < -0.4 is 15.9 Å². The van der Waals surface area contributed by atoms with Gasteiger partial charge in [0.05, 0.1) is 6.10 Å². The van der Waals surface area contributed by atoms with Crippen LogP contribution in [0.1, 0.15) is 25.0 Å². The summed E-state index contributed by atoms with van der Waals surface area (Å²) in [6.45, 7) is 4.58. The molecule has 1 aliphatic rings. The monoisotopic (exact) mass is 205 g/mol. The van der Waals surface area contributed by atoms with Gasteiger partial charge in [0.2, 0.25) is 0 Å². The van der Waals surface area contributed by atoms with E-state index in [1.54, 1.807) is 0 Å². The Morgan fingerprint density at radius 2 is 2.33 bits per heavy atom. The van der Waals surface area contributed by atoms with Crippen molar-refractivity contribution in [2.24, 2.45) is 5.73 Å². The smallest absolute Gasteiger partial charge is 0.324 e. The van der Waals surface area contributed by atoms with Gasteiger partial charge in [0.15, 0.2) is 0 Å². The van der Waals surface area contributed by atoms with Crippen molar-refractivity contribution < 1.29 is 9.39 Å². The summed E-state index contributed by atoms with van der Waals surface area (Å²) in [5.74, 6) is 0.823. The van der Waals surface area contributed by atoms with Crippen LogP contribution in [0.25, 0.3) is 0 Å². The molecule has 80 valence electrons. The largest absolute Gasteiger partial charge is 0.479 e. The first-order chi connectivity index (χ1) is 7.26. The van der Waals surface area contributed by atoms with E-state index in [2.05, 4.69) is 19.8 Å². The molecule has 0 aliphatic carbocycles. The van der Waals surface area contributed by atoms with Crippen LogP contribution in [-0.4, -0.2) is 13.6 Å². The van der Waals surface area contributed by atoms with Crippen molar-refractivity contribution in [3.8, 4) is 5.75 Å². The van der Waals surface area contributed by atoms with E-state index in [9.17, 15) is 0 Å². The summed E-state index contributed by atoms with van der Waals surface area (Å²) in [4.78, 5) is 0. The molecule has 1 atom stereocenters. The molecule has 2 N–H and O–H groups in total. The Bertz CT molecular complexity index is 356. The lowest BCUT2D eigenvalue weighted by molar-refractivity contribution is 0.221. The normalized spacial score (nSPS) is 19.1. The van der Waals surface area contributed by atoms with E-state index < -0.39 is 0 Å². The Labute approximate surface area is 90.7 Å². The van der Waals surface area contributed by atoms with E-state index in [1.165, 1.54) is 11.0 Å². The summed E-state index contributed by atoms with van der Waals surface area (Å²) < 4.78 is 11.1. The molecular weight excluding hydrogens is 189 g/mol. The molecule has 0 saturated carbocycles. The van der Waals surface area contributed by atoms with Gasteiger partial charge in [-0.25, -0.2) is 0 Å². The molecular formula is C11H16BNO2. The van der Waals surface area contributed by atoms with Crippen molar-refractivity contribution in [3.05, 3.63) is 23.8 Å². The summed E-state index contributed by atoms with van der Waals surface area (Å²) in [7, 11) is 0. The number of nitrogens with two attached hydrogens (primary N) is 1. The maximum atomic E-state index is 5.83. The summed E-state index contributed by atoms with van der Waals surface area (Å²) >= 11 is 0. The van der Waals surface area contributed by atoms with Crippen LogP contribution in [0, 0.1) is 0 Å². The fourth-order valence-electron chi connectivity index (χ4n) is 2.09. The minimum Gasteiger partial charge on any atom is -0.479 e. The average molecular weight is 205 g/mol. The fourth-order valence-corrected chi connectivity index (χ4v) is 2.09. The maximum Gasteiger partial charge on any atom is 0.324 e.